The summed E-state index contributed by atoms with van der Waals surface area (Å²) in [6.45, 7) is -7.32. The van der Waals surface area contributed by atoms with Gasteiger partial charge in [0.15, 0.2) is 0 Å². The summed E-state index contributed by atoms with van der Waals surface area (Å²) in [4.78, 5) is 4.38. The van der Waals surface area contributed by atoms with Gasteiger partial charge in [0.2, 0.25) is 0 Å². The van der Waals surface area contributed by atoms with E-state index >= 15 is 0 Å². The Kier molecular flexibility index (Phi) is 2.58. The standard InChI is InChI=1S/C26H23N/c1-18-9-7-8-12-23(18)25-16-26(27-17-20(25)3)22-14-13-19(2)24(15-22)21-10-5-4-6-11-21/h4-17H,1-3H3/i1D3,2D3,3D3. The van der Waals surface area contributed by atoms with Gasteiger partial charge in [-0.3, -0.25) is 4.98 Å². The number of pyridine rings is 1. The summed E-state index contributed by atoms with van der Waals surface area (Å²) < 4.78 is 71.7. The smallest absolute Gasteiger partial charge is 0.0708 e. The van der Waals surface area contributed by atoms with Gasteiger partial charge >= 0.3 is 0 Å². The van der Waals surface area contributed by atoms with Crippen LogP contribution in [-0.4, -0.2) is 4.98 Å². The van der Waals surface area contributed by atoms with E-state index in [2.05, 4.69) is 4.98 Å². The number of hydrogen-bond acceptors (Lipinski definition) is 1. The van der Waals surface area contributed by atoms with Gasteiger partial charge in [-0.1, -0.05) is 66.7 Å². The molecule has 0 saturated heterocycles. The SMILES string of the molecule is [2H]C([2H])([2H])c1ccc(-c2cc(-c3ccccc3C([2H])([2H])[2H])c(C([2H])([2H])[2H])cn2)cc1-c1ccccc1. The largest absolute Gasteiger partial charge is 0.256 e. The summed E-state index contributed by atoms with van der Waals surface area (Å²) in [6, 6.07) is 21.9. The number of rotatable bonds is 3. The van der Waals surface area contributed by atoms with E-state index in [1.165, 1.54) is 18.3 Å². The van der Waals surface area contributed by atoms with E-state index in [0.29, 0.717) is 16.8 Å². The number of nitrogens with zero attached hydrogens (tertiary/aromatic N) is 1. The van der Waals surface area contributed by atoms with E-state index in [4.69, 9.17) is 12.3 Å². The Balaban J connectivity index is 1.96. The second-order valence-electron chi connectivity index (χ2n) is 6.29. The highest BCUT2D eigenvalue weighted by Crippen LogP contribution is 2.32. The van der Waals surface area contributed by atoms with Crippen molar-refractivity contribution in [2.24, 2.45) is 0 Å². The average molecular weight is 359 g/mol. The number of benzene rings is 3. The zero-order valence-electron chi connectivity index (χ0n) is 23.5. The highest BCUT2D eigenvalue weighted by atomic mass is 14.7. The van der Waals surface area contributed by atoms with Crippen LogP contribution in [-0.2, 0) is 0 Å². The van der Waals surface area contributed by atoms with Crippen LogP contribution in [0.4, 0.5) is 0 Å². The average Bonchev–Trinajstić information content (AvgIpc) is 2.82. The van der Waals surface area contributed by atoms with Crippen LogP contribution in [0.3, 0.4) is 0 Å². The van der Waals surface area contributed by atoms with Crippen molar-refractivity contribution < 1.29 is 12.3 Å². The van der Waals surface area contributed by atoms with Gasteiger partial charge in [0.25, 0.3) is 0 Å². The van der Waals surface area contributed by atoms with Crippen molar-refractivity contribution in [2.45, 2.75) is 20.6 Å². The summed E-state index contributed by atoms with van der Waals surface area (Å²) in [6.07, 6.45) is 1.24. The van der Waals surface area contributed by atoms with Gasteiger partial charge in [0, 0.05) is 24.1 Å². The zero-order chi connectivity index (χ0) is 26.3. The van der Waals surface area contributed by atoms with E-state index in [1.54, 1.807) is 36.4 Å². The Hall–Kier alpha value is -3.19. The maximum atomic E-state index is 8.00. The number of hydrogen-bond donors (Lipinski definition) is 0. The fraction of sp³-hybridized carbons (Fsp3) is 0.115. The summed E-state index contributed by atoms with van der Waals surface area (Å²) in [5.74, 6) is 0. The van der Waals surface area contributed by atoms with Crippen LogP contribution in [0, 0.1) is 20.6 Å². The summed E-state index contributed by atoms with van der Waals surface area (Å²) in [5, 5.41) is 0. The molecule has 4 rings (SSSR count). The summed E-state index contributed by atoms with van der Waals surface area (Å²) in [5.41, 5.74) is 2.89. The molecule has 0 spiro atoms. The first-order chi connectivity index (χ1) is 16.8. The van der Waals surface area contributed by atoms with Crippen molar-refractivity contribution in [1.82, 2.24) is 4.98 Å². The molecule has 0 radical (unpaired) electrons. The predicted molar refractivity (Wildman–Crippen MR) is 115 cm³/mol. The van der Waals surface area contributed by atoms with Crippen LogP contribution in [0.1, 0.15) is 29.0 Å². The van der Waals surface area contributed by atoms with Crippen molar-refractivity contribution in [3.8, 4) is 33.5 Å². The third kappa shape index (κ3) is 3.41. The van der Waals surface area contributed by atoms with Gasteiger partial charge < -0.3 is 0 Å². The topological polar surface area (TPSA) is 12.9 Å². The molecular weight excluding hydrogens is 326 g/mol. The monoisotopic (exact) mass is 358 g/mol. The Morgan fingerprint density at radius 3 is 2.15 bits per heavy atom. The number of aryl methyl sites for hydroxylation is 3. The lowest BCUT2D eigenvalue weighted by Gasteiger charge is -2.13. The van der Waals surface area contributed by atoms with Crippen LogP contribution < -0.4 is 0 Å². The molecule has 0 bridgehead atoms. The molecule has 0 aliphatic carbocycles. The lowest BCUT2D eigenvalue weighted by Crippen LogP contribution is -1.92. The Bertz CT molecular complexity index is 1390. The molecule has 1 aromatic heterocycles. The third-order valence-corrected chi connectivity index (χ3v) is 4.52. The first kappa shape index (κ1) is 9.66. The maximum absolute atomic E-state index is 8.00. The molecule has 0 amide bonds. The van der Waals surface area contributed by atoms with Crippen molar-refractivity contribution in [2.75, 3.05) is 0 Å². The predicted octanol–water partition coefficient (Wildman–Crippen LogP) is 7.01. The van der Waals surface area contributed by atoms with Gasteiger partial charge in [0.1, 0.15) is 0 Å². The quantitative estimate of drug-likeness (QED) is 0.384. The second kappa shape index (κ2) is 7.20. The first-order valence-corrected chi connectivity index (χ1v) is 8.57. The Morgan fingerprint density at radius 1 is 0.593 bits per heavy atom. The highest BCUT2D eigenvalue weighted by Gasteiger charge is 2.10. The molecule has 0 N–H and O–H groups in total. The van der Waals surface area contributed by atoms with Crippen molar-refractivity contribution in [3.05, 3.63) is 102 Å². The molecule has 27 heavy (non-hydrogen) atoms. The molecule has 132 valence electrons. The van der Waals surface area contributed by atoms with E-state index in [0.717, 1.165) is 5.56 Å². The third-order valence-electron chi connectivity index (χ3n) is 4.52. The zero-order valence-corrected chi connectivity index (χ0v) is 14.5. The van der Waals surface area contributed by atoms with Crippen LogP contribution in [0.15, 0.2) is 85.1 Å². The van der Waals surface area contributed by atoms with Gasteiger partial charge in [-0.05, 0) is 71.6 Å². The van der Waals surface area contributed by atoms with Gasteiger partial charge in [-0.2, -0.15) is 0 Å². The van der Waals surface area contributed by atoms with E-state index in [1.807, 2.05) is 30.3 Å². The van der Waals surface area contributed by atoms with E-state index < -0.39 is 20.6 Å². The normalized spacial score (nSPS) is 17.1. The Labute approximate surface area is 174 Å². The lowest BCUT2D eigenvalue weighted by molar-refractivity contribution is 1.26. The molecule has 0 saturated carbocycles. The fourth-order valence-electron chi connectivity index (χ4n) is 3.11. The minimum absolute atomic E-state index is 0.0374. The van der Waals surface area contributed by atoms with E-state index in [9.17, 15) is 0 Å². The summed E-state index contributed by atoms with van der Waals surface area (Å²) >= 11 is 0. The van der Waals surface area contributed by atoms with Crippen LogP contribution >= 0.6 is 0 Å². The van der Waals surface area contributed by atoms with Crippen molar-refractivity contribution in [3.63, 3.8) is 0 Å². The second-order valence-corrected chi connectivity index (χ2v) is 6.29. The van der Waals surface area contributed by atoms with Gasteiger partial charge in [-0.25, -0.2) is 0 Å². The minimum Gasteiger partial charge on any atom is -0.256 e. The lowest BCUT2D eigenvalue weighted by atomic mass is 9.94. The van der Waals surface area contributed by atoms with E-state index in [-0.39, 0.29) is 27.8 Å². The fourth-order valence-corrected chi connectivity index (χ4v) is 3.11. The molecule has 0 unspecified atom stereocenters. The highest BCUT2D eigenvalue weighted by molar-refractivity contribution is 5.78. The van der Waals surface area contributed by atoms with Crippen LogP contribution in [0.2, 0.25) is 0 Å². The van der Waals surface area contributed by atoms with Gasteiger partial charge in [-0.15, -0.1) is 0 Å². The van der Waals surface area contributed by atoms with Crippen LogP contribution in [0.5, 0.6) is 0 Å². The Morgan fingerprint density at radius 2 is 1.33 bits per heavy atom. The molecule has 0 aliphatic heterocycles. The van der Waals surface area contributed by atoms with Crippen LogP contribution in [0.25, 0.3) is 33.5 Å². The number of aromatic nitrogens is 1. The van der Waals surface area contributed by atoms with Gasteiger partial charge in [0.05, 0.1) is 5.69 Å². The molecule has 1 heterocycles. The molecular formula is C26H23N. The molecule has 3 aromatic carbocycles. The molecule has 1 nitrogen and oxygen atoms in total. The maximum Gasteiger partial charge on any atom is 0.0708 e. The molecule has 0 fully saturated rings. The molecule has 4 aromatic rings. The molecule has 1 heteroatoms. The molecule has 0 aliphatic rings. The first-order valence-electron chi connectivity index (χ1n) is 13.1. The van der Waals surface area contributed by atoms with Crippen molar-refractivity contribution in [1.29, 1.82) is 0 Å². The van der Waals surface area contributed by atoms with Crippen molar-refractivity contribution >= 4 is 0 Å². The molecule has 0 atom stereocenters. The summed E-state index contributed by atoms with van der Waals surface area (Å²) in [7, 11) is 0. The minimum atomic E-state index is -2.52.